The number of hydrogen-bond acceptors (Lipinski definition) is 3. The van der Waals surface area contributed by atoms with Crippen LogP contribution in [0.15, 0.2) is 11.6 Å². The van der Waals surface area contributed by atoms with E-state index in [0.717, 1.165) is 32.1 Å². The number of aliphatic hydroxyl groups is 2. The summed E-state index contributed by atoms with van der Waals surface area (Å²) < 4.78 is 8.91. The smallest absolute Gasteiger partial charge is 0.133 e. The van der Waals surface area contributed by atoms with Gasteiger partial charge in [0.05, 0.1) is 13.6 Å². The quantitative estimate of drug-likeness (QED) is 0.722. The van der Waals surface area contributed by atoms with E-state index in [1.165, 1.54) is 5.57 Å². The summed E-state index contributed by atoms with van der Waals surface area (Å²) in [5.41, 5.74) is 0.816. The number of carbonyl (C=O) groups excluding carboxylic acids is 1. The van der Waals surface area contributed by atoms with Crippen molar-refractivity contribution in [2.45, 2.75) is 77.9 Å². The fourth-order valence-electron chi connectivity index (χ4n) is 7.18. The van der Waals surface area contributed by atoms with Gasteiger partial charge >= 0.3 is 0 Å². The Morgan fingerprint density at radius 2 is 2.04 bits per heavy atom. The Morgan fingerprint density at radius 1 is 1.29 bits per heavy atom. The highest BCUT2D eigenvalue weighted by Gasteiger charge is 2.62. The molecular formula is C21H32O3. The molecule has 1 unspecified atom stereocenters. The van der Waals surface area contributed by atoms with Crippen molar-refractivity contribution < 1.29 is 16.4 Å². The van der Waals surface area contributed by atoms with E-state index >= 15 is 0 Å². The van der Waals surface area contributed by atoms with Gasteiger partial charge in [0.2, 0.25) is 0 Å². The minimum Gasteiger partial charge on any atom is -0.393 e. The molecule has 3 nitrogen and oxygen atoms in total. The first kappa shape index (κ1) is 15.6. The first-order valence-corrected chi connectivity index (χ1v) is 9.70. The maximum Gasteiger partial charge on any atom is 0.133 e. The second-order valence-corrected chi connectivity index (χ2v) is 9.44. The number of hydrogen-bond donors (Lipinski definition) is 2. The van der Waals surface area contributed by atoms with E-state index in [2.05, 4.69) is 19.9 Å². The molecule has 0 aliphatic heterocycles. The summed E-state index contributed by atoms with van der Waals surface area (Å²) in [6.45, 7) is 6.04. The molecule has 0 heterocycles. The van der Waals surface area contributed by atoms with Gasteiger partial charge in [0.15, 0.2) is 0 Å². The summed E-state index contributed by atoms with van der Waals surface area (Å²) in [7, 11) is 0. The normalized spacial score (nSPS) is 57.3. The molecule has 134 valence electrons. The van der Waals surface area contributed by atoms with Gasteiger partial charge in [-0.2, -0.15) is 0 Å². The largest absolute Gasteiger partial charge is 0.393 e. The average Bonchev–Trinajstić information content (AvgIpc) is 2.83. The Hall–Kier alpha value is -0.670. The topological polar surface area (TPSA) is 57.5 Å². The van der Waals surface area contributed by atoms with Crippen molar-refractivity contribution in [2.24, 2.45) is 34.5 Å². The van der Waals surface area contributed by atoms with Crippen LogP contribution in [0.25, 0.3) is 0 Å². The lowest BCUT2D eigenvalue weighted by Crippen LogP contribution is -2.56. The molecule has 8 atom stereocenters. The number of carbonyl (C=O) groups is 1. The van der Waals surface area contributed by atoms with Crippen LogP contribution in [-0.4, -0.2) is 28.2 Å². The SMILES string of the molecule is [2H][C@]1(O)C[C@]2(C)[C@@H](C(C)=O)CC[C@H]2[C@@H]2CC=C3CC(O)CC[C@]3(C)[C@H]21. The second kappa shape index (κ2) is 5.41. The third kappa shape index (κ3) is 2.13. The Bertz CT molecular complexity index is 627. The van der Waals surface area contributed by atoms with Gasteiger partial charge in [0.1, 0.15) is 5.78 Å². The molecule has 4 aliphatic rings. The molecule has 0 aromatic heterocycles. The molecule has 0 aromatic rings. The van der Waals surface area contributed by atoms with Crippen LogP contribution in [0.3, 0.4) is 0 Å². The molecule has 0 spiro atoms. The molecule has 0 saturated heterocycles. The zero-order valence-corrected chi connectivity index (χ0v) is 15.2. The van der Waals surface area contributed by atoms with Crippen LogP contribution in [0.5, 0.6) is 0 Å². The molecule has 3 fully saturated rings. The summed E-state index contributed by atoms with van der Waals surface area (Å²) in [4.78, 5) is 12.2. The van der Waals surface area contributed by atoms with E-state index in [1.54, 1.807) is 6.92 Å². The van der Waals surface area contributed by atoms with Crippen LogP contribution >= 0.6 is 0 Å². The summed E-state index contributed by atoms with van der Waals surface area (Å²) >= 11 is 0. The highest BCUT2D eigenvalue weighted by Crippen LogP contribution is 2.66. The van der Waals surface area contributed by atoms with E-state index in [1.807, 2.05) is 0 Å². The van der Waals surface area contributed by atoms with E-state index in [4.69, 9.17) is 1.37 Å². The maximum atomic E-state index is 12.2. The van der Waals surface area contributed by atoms with Crippen LogP contribution < -0.4 is 0 Å². The third-order valence-corrected chi connectivity index (χ3v) is 8.28. The predicted octanol–water partition coefficient (Wildman–Crippen LogP) is 3.49. The molecule has 0 bridgehead atoms. The molecule has 0 amide bonds. The van der Waals surface area contributed by atoms with Gasteiger partial charge in [0.25, 0.3) is 0 Å². The van der Waals surface area contributed by atoms with Gasteiger partial charge in [-0.25, -0.2) is 0 Å². The predicted molar refractivity (Wildman–Crippen MR) is 93.3 cm³/mol. The zero-order chi connectivity index (χ0) is 18.2. The molecule has 0 radical (unpaired) electrons. The van der Waals surface area contributed by atoms with E-state index in [9.17, 15) is 15.0 Å². The minimum atomic E-state index is -1.50. The van der Waals surface area contributed by atoms with Crippen LogP contribution in [0.2, 0.25) is 0 Å². The van der Waals surface area contributed by atoms with Crippen molar-refractivity contribution in [1.29, 1.82) is 0 Å². The van der Waals surface area contributed by atoms with E-state index in [0.29, 0.717) is 18.8 Å². The summed E-state index contributed by atoms with van der Waals surface area (Å²) in [5, 5.41) is 21.4. The van der Waals surface area contributed by atoms with E-state index in [-0.39, 0.29) is 40.5 Å². The van der Waals surface area contributed by atoms with Crippen molar-refractivity contribution in [1.82, 2.24) is 0 Å². The van der Waals surface area contributed by atoms with Crippen molar-refractivity contribution in [2.75, 3.05) is 0 Å². The van der Waals surface area contributed by atoms with Crippen molar-refractivity contribution in [3.05, 3.63) is 11.6 Å². The lowest BCUT2D eigenvalue weighted by atomic mass is 9.46. The van der Waals surface area contributed by atoms with Crippen molar-refractivity contribution in [3.8, 4) is 0 Å². The lowest BCUT2D eigenvalue weighted by molar-refractivity contribution is -0.140. The first-order chi connectivity index (χ1) is 11.6. The zero-order valence-electron chi connectivity index (χ0n) is 16.2. The summed E-state index contributed by atoms with van der Waals surface area (Å²) in [5.74, 6) is 0.810. The highest BCUT2D eigenvalue weighted by molar-refractivity contribution is 5.79. The molecule has 24 heavy (non-hydrogen) atoms. The van der Waals surface area contributed by atoms with Gasteiger partial charge in [-0.1, -0.05) is 25.5 Å². The number of rotatable bonds is 1. The molecular weight excluding hydrogens is 300 g/mol. The van der Waals surface area contributed by atoms with Gasteiger partial charge in [-0.15, -0.1) is 0 Å². The van der Waals surface area contributed by atoms with Crippen LogP contribution in [-0.2, 0) is 4.79 Å². The number of allylic oxidation sites excluding steroid dienone is 1. The Balaban J connectivity index is 1.77. The van der Waals surface area contributed by atoms with Crippen molar-refractivity contribution >= 4 is 5.78 Å². The summed E-state index contributed by atoms with van der Waals surface area (Å²) in [6, 6.07) is 0. The molecule has 4 aliphatic carbocycles. The second-order valence-electron chi connectivity index (χ2n) is 9.44. The Kier molecular flexibility index (Phi) is 3.51. The fourth-order valence-corrected chi connectivity index (χ4v) is 7.18. The first-order valence-electron chi connectivity index (χ1n) is 10.2. The number of Topliss-reactive ketones (excluding diaryl/α,β-unsaturated/α-hetero) is 1. The van der Waals surface area contributed by atoms with Crippen LogP contribution in [0, 0.1) is 34.5 Å². The van der Waals surface area contributed by atoms with Gasteiger partial charge in [-0.05, 0) is 80.5 Å². The Morgan fingerprint density at radius 3 is 2.75 bits per heavy atom. The summed E-state index contributed by atoms with van der Waals surface area (Å²) in [6.07, 6.45) is 6.05. The average molecular weight is 333 g/mol. The molecule has 0 aromatic carbocycles. The van der Waals surface area contributed by atoms with Crippen LogP contribution in [0.4, 0.5) is 0 Å². The van der Waals surface area contributed by atoms with Crippen LogP contribution in [0.1, 0.15) is 67.1 Å². The lowest BCUT2D eigenvalue weighted by Gasteiger charge is -2.59. The number of aliphatic hydroxyl groups excluding tert-OH is 1. The van der Waals surface area contributed by atoms with Gasteiger partial charge < -0.3 is 10.2 Å². The molecule has 4 rings (SSSR count). The molecule has 3 saturated carbocycles. The fraction of sp³-hybridized carbons (Fsp3) is 0.857. The highest BCUT2D eigenvalue weighted by atomic mass is 16.3. The standard InChI is InChI=1S/C21H32O3/c1-12(22)16-6-7-17-15-5-4-13-10-14(23)8-9-20(13,2)19(15)18(24)11-21(16,17)3/h4,14-19,23-24H,5-11H2,1-3H3/t14?,15-,16+,17-,18-,19+,20-,21+/m0/s1/i18D. The molecule has 2 N–H and O–H groups in total. The Labute approximate surface area is 146 Å². The third-order valence-electron chi connectivity index (χ3n) is 8.28. The van der Waals surface area contributed by atoms with Crippen molar-refractivity contribution in [3.63, 3.8) is 0 Å². The maximum absolute atomic E-state index is 12.2. The monoisotopic (exact) mass is 333 g/mol. The van der Waals surface area contributed by atoms with Gasteiger partial charge in [-0.3, -0.25) is 4.79 Å². The number of fused-ring (bicyclic) bond motifs is 5. The van der Waals surface area contributed by atoms with E-state index < -0.39 is 6.08 Å². The number of ketones is 1. The molecule has 3 heteroatoms. The minimum absolute atomic E-state index is 0.0123. The van der Waals surface area contributed by atoms with Gasteiger partial charge in [0, 0.05) is 5.92 Å².